The SMILES string of the molecule is O=Cc1nc(Br)sc1C1CC1. The number of carbonyl (C=O) groups is 1. The average molecular weight is 232 g/mol. The molecule has 0 spiro atoms. The molecule has 0 atom stereocenters. The Morgan fingerprint density at radius 1 is 1.64 bits per heavy atom. The van der Waals surface area contributed by atoms with E-state index in [0.717, 1.165) is 15.1 Å². The molecule has 0 bridgehead atoms. The second-order valence-corrected chi connectivity index (χ2v) is 4.92. The van der Waals surface area contributed by atoms with Gasteiger partial charge in [-0.15, -0.1) is 11.3 Å². The van der Waals surface area contributed by atoms with Gasteiger partial charge in [-0.1, -0.05) is 0 Å². The molecular weight excluding hydrogens is 226 g/mol. The number of carbonyl (C=O) groups excluding carboxylic acids is 1. The molecule has 0 aromatic carbocycles. The summed E-state index contributed by atoms with van der Waals surface area (Å²) in [5, 5.41) is 0. The Morgan fingerprint density at radius 2 is 2.36 bits per heavy atom. The smallest absolute Gasteiger partial charge is 0.169 e. The summed E-state index contributed by atoms with van der Waals surface area (Å²) in [5.74, 6) is 0.624. The standard InChI is InChI=1S/C7H6BrNOS/c8-7-9-5(3-10)6(11-7)4-1-2-4/h3-4H,1-2H2. The molecule has 1 fully saturated rings. The highest BCUT2D eigenvalue weighted by Crippen LogP contribution is 2.44. The van der Waals surface area contributed by atoms with Crippen LogP contribution in [0.3, 0.4) is 0 Å². The fourth-order valence-corrected chi connectivity index (χ4v) is 2.68. The summed E-state index contributed by atoms with van der Waals surface area (Å²) in [7, 11) is 0. The summed E-state index contributed by atoms with van der Waals surface area (Å²) in [6, 6.07) is 0. The number of hydrogen-bond acceptors (Lipinski definition) is 3. The van der Waals surface area contributed by atoms with Crippen molar-refractivity contribution in [2.45, 2.75) is 18.8 Å². The van der Waals surface area contributed by atoms with E-state index in [-0.39, 0.29) is 0 Å². The minimum absolute atomic E-state index is 0.624. The van der Waals surface area contributed by atoms with Crippen LogP contribution in [0.2, 0.25) is 0 Å². The van der Waals surface area contributed by atoms with Gasteiger partial charge in [0.05, 0.1) is 0 Å². The first-order valence-electron chi connectivity index (χ1n) is 3.42. The molecule has 4 heteroatoms. The Hall–Kier alpha value is -0.220. The normalized spacial score (nSPS) is 16.8. The van der Waals surface area contributed by atoms with Crippen molar-refractivity contribution in [2.24, 2.45) is 0 Å². The molecule has 11 heavy (non-hydrogen) atoms. The van der Waals surface area contributed by atoms with E-state index < -0.39 is 0 Å². The van der Waals surface area contributed by atoms with E-state index >= 15 is 0 Å². The topological polar surface area (TPSA) is 30.0 Å². The molecule has 1 aliphatic rings. The Balaban J connectivity index is 2.41. The molecule has 1 saturated carbocycles. The molecule has 0 unspecified atom stereocenters. The monoisotopic (exact) mass is 231 g/mol. The number of hydrogen-bond donors (Lipinski definition) is 0. The van der Waals surface area contributed by atoms with Crippen LogP contribution in [0, 0.1) is 0 Å². The van der Waals surface area contributed by atoms with Crippen LogP contribution in [-0.4, -0.2) is 11.3 Å². The van der Waals surface area contributed by atoms with Crippen LogP contribution in [0.1, 0.15) is 34.1 Å². The summed E-state index contributed by atoms with van der Waals surface area (Å²) < 4.78 is 0.821. The van der Waals surface area contributed by atoms with Crippen molar-refractivity contribution in [3.63, 3.8) is 0 Å². The van der Waals surface area contributed by atoms with E-state index in [1.807, 2.05) is 0 Å². The summed E-state index contributed by atoms with van der Waals surface area (Å²) in [6.07, 6.45) is 3.28. The fraction of sp³-hybridized carbons (Fsp3) is 0.429. The molecule has 1 heterocycles. The maximum Gasteiger partial charge on any atom is 0.169 e. The fourth-order valence-electron chi connectivity index (χ4n) is 1.04. The van der Waals surface area contributed by atoms with Crippen molar-refractivity contribution in [2.75, 3.05) is 0 Å². The lowest BCUT2D eigenvalue weighted by Crippen LogP contribution is -1.84. The van der Waals surface area contributed by atoms with Crippen molar-refractivity contribution in [3.8, 4) is 0 Å². The van der Waals surface area contributed by atoms with Crippen LogP contribution in [0.5, 0.6) is 0 Å². The highest BCUT2D eigenvalue weighted by atomic mass is 79.9. The number of rotatable bonds is 2. The van der Waals surface area contributed by atoms with Gasteiger partial charge < -0.3 is 0 Å². The zero-order chi connectivity index (χ0) is 7.84. The molecule has 2 rings (SSSR count). The van der Waals surface area contributed by atoms with E-state index in [9.17, 15) is 4.79 Å². The lowest BCUT2D eigenvalue weighted by atomic mass is 10.3. The van der Waals surface area contributed by atoms with Gasteiger partial charge in [0.1, 0.15) is 5.69 Å². The third-order valence-corrected chi connectivity index (χ3v) is 3.40. The van der Waals surface area contributed by atoms with Gasteiger partial charge in [0, 0.05) is 4.88 Å². The van der Waals surface area contributed by atoms with E-state index in [1.165, 1.54) is 12.8 Å². The molecule has 0 amide bonds. The van der Waals surface area contributed by atoms with Crippen LogP contribution in [0.15, 0.2) is 3.92 Å². The summed E-state index contributed by atoms with van der Waals surface area (Å²) in [6.45, 7) is 0. The molecule has 0 radical (unpaired) electrons. The summed E-state index contributed by atoms with van der Waals surface area (Å²) >= 11 is 4.85. The highest BCUT2D eigenvalue weighted by Gasteiger charge is 2.28. The number of aldehydes is 1. The molecule has 0 N–H and O–H groups in total. The van der Waals surface area contributed by atoms with Crippen molar-refractivity contribution in [3.05, 3.63) is 14.5 Å². The molecule has 1 aliphatic carbocycles. The van der Waals surface area contributed by atoms with Crippen molar-refractivity contribution < 1.29 is 4.79 Å². The maximum atomic E-state index is 10.5. The molecule has 1 aromatic heterocycles. The highest BCUT2D eigenvalue weighted by molar-refractivity contribution is 9.11. The van der Waals surface area contributed by atoms with E-state index in [4.69, 9.17) is 0 Å². The first kappa shape index (κ1) is 7.43. The third kappa shape index (κ3) is 1.37. The molecular formula is C7H6BrNOS. The van der Waals surface area contributed by atoms with Crippen LogP contribution in [0.4, 0.5) is 0 Å². The first-order chi connectivity index (χ1) is 5.31. The quantitative estimate of drug-likeness (QED) is 0.733. The maximum absolute atomic E-state index is 10.5. The second-order valence-electron chi connectivity index (χ2n) is 2.61. The molecule has 0 aliphatic heterocycles. The predicted molar refractivity (Wildman–Crippen MR) is 47.2 cm³/mol. The Morgan fingerprint density at radius 3 is 2.91 bits per heavy atom. The third-order valence-electron chi connectivity index (χ3n) is 1.71. The Labute approximate surface area is 76.8 Å². The van der Waals surface area contributed by atoms with Crippen molar-refractivity contribution in [1.29, 1.82) is 0 Å². The van der Waals surface area contributed by atoms with Crippen LogP contribution < -0.4 is 0 Å². The second kappa shape index (κ2) is 2.68. The van der Waals surface area contributed by atoms with Gasteiger partial charge in [-0.2, -0.15) is 0 Å². The molecule has 0 saturated heterocycles. The van der Waals surface area contributed by atoms with Gasteiger partial charge in [0.15, 0.2) is 10.2 Å². The van der Waals surface area contributed by atoms with E-state index in [1.54, 1.807) is 11.3 Å². The Kier molecular flexibility index (Phi) is 1.81. The zero-order valence-electron chi connectivity index (χ0n) is 5.71. The largest absolute Gasteiger partial charge is 0.296 e. The van der Waals surface area contributed by atoms with Crippen LogP contribution >= 0.6 is 27.3 Å². The lowest BCUT2D eigenvalue weighted by molar-refractivity contribution is 0.111. The molecule has 1 aromatic rings. The van der Waals surface area contributed by atoms with E-state index in [0.29, 0.717) is 11.6 Å². The minimum atomic E-state index is 0.624. The molecule has 58 valence electrons. The molecule has 2 nitrogen and oxygen atoms in total. The number of nitrogens with zero attached hydrogens (tertiary/aromatic N) is 1. The van der Waals surface area contributed by atoms with Gasteiger partial charge in [-0.25, -0.2) is 4.98 Å². The number of aromatic nitrogens is 1. The van der Waals surface area contributed by atoms with Crippen LogP contribution in [-0.2, 0) is 0 Å². The average Bonchev–Trinajstić information content (AvgIpc) is 2.75. The zero-order valence-corrected chi connectivity index (χ0v) is 8.11. The van der Waals surface area contributed by atoms with Gasteiger partial charge >= 0.3 is 0 Å². The van der Waals surface area contributed by atoms with Crippen molar-refractivity contribution >= 4 is 33.6 Å². The Bertz CT molecular complexity index is 293. The van der Waals surface area contributed by atoms with E-state index in [2.05, 4.69) is 20.9 Å². The first-order valence-corrected chi connectivity index (χ1v) is 5.03. The van der Waals surface area contributed by atoms with Crippen molar-refractivity contribution in [1.82, 2.24) is 4.98 Å². The lowest BCUT2D eigenvalue weighted by Gasteiger charge is -1.87. The summed E-state index contributed by atoms with van der Waals surface area (Å²) in [5.41, 5.74) is 0.629. The van der Waals surface area contributed by atoms with Gasteiger partial charge in [-0.05, 0) is 34.7 Å². The van der Waals surface area contributed by atoms with Crippen LogP contribution in [0.25, 0.3) is 0 Å². The number of halogens is 1. The summed E-state index contributed by atoms with van der Waals surface area (Å²) in [4.78, 5) is 15.7. The number of thiazole rings is 1. The van der Waals surface area contributed by atoms with Gasteiger partial charge in [0.25, 0.3) is 0 Å². The predicted octanol–water partition coefficient (Wildman–Crippen LogP) is 2.60. The van der Waals surface area contributed by atoms with Gasteiger partial charge in [0.2, 0.25) is 0 Å². The van der Waals surface area contributed by atoms with Gasteiger partial charge in [-0.3, -0.25) is 4.79 Å². The minimum Gasteiger partial charge on any atom is -0.296 e.